The SMILES string of the molecule is CC.CSCC(C)C(O)OCCO. The van der Waals surface area contributed by atoms with E-state index in [0.717, 1.165) is 5.75 Å². The number of rotatable bonds is 6. The number of ether oxygens (including phenoxy) is 1. The topological polar surface area (TPSA) is 49.7 Å². The first-order valence-corrected chi connectivity index (χ1v) is 6.01. The Kier molecular flexibility index (Phi) is 14.8. The van der Waals surface area contributed by atoms with E-state index >= 15 is 0 Å². The van der Waals surface area contributed by atoms with Gasteiger partial charge in [-0.15, -0.1) is 0 Å². The highest BCUT2D eigenvalue weighted by Gasteiger charge is 2.12. The van der Waals surface area contributed by atoms with Crippen LogP contribution in [0.15, 0.2) is 0 Å². The Morgan fingerprint density at radius 1 is 1.38 bits per heavy atom. The van der Waals surface area contributed by atoms with Crippen LogP contribution in [0.4, 0.5) is 0 Å². The lowest BCUT2D eigenvalue weighted by Crippen LogP contribution is -2.24. The van der Waals surface area contributed by atoms with Crippen molar-refractivity contribution in [2.75, 3.05) is 25.2 Å². The van der Waals surface area contributed by atoms with Crippen LogP contribution >= 0.6 is 11.8 Å². The van der Waals surface area contributed by atoms with Crippen molar-refractivity contribution in [2.24, 2.45) is 5.92 Å². The van der Waals surface area contributed by atoms with E-state index in [-0.39, 0.29) is 19.1 Å². The van der Waals surface area contributed by atoms with Crippen molar-refractivity contribution < 1.29 is 14.9 Å². The maximum Gasteiger partial charge on any atom is 0.157 e. The van der Waals surface area contributed by atoms with Gasteiger partial charge in [-0.1, -0.05) is 20.8 Å². The summed E-state index contributed by atoms with van der Waals surface area (Å²) in [5.41, 5.74) is 0. The Morgan fingerprint density at radius 3 is 2.31 bits per heavy atom. The van der Waals surface area contributed by atoms with E-state index in [1.54, 1.807) is 11.8 Å². The maximum atomic E-state index is 9.23. The lowest BCUT2D eigenvalue weighted by atomic mass is 10.2. The van der Waals surface area contributed by atoms with Crippen LogP contribution in [-0.4, -0.2) is 41.7 Å². The van der Waals surface area contributed by atoms with Gasteiger partial charge in [-0.2, -0.15) is 11.8 Å². The zero-order valence-corrected chi connectivity index (χ0v) is 9.80. The van der Waals surface area contributed by atoms with Crippen LogP contribution < -0.4 is 0 Å². The summed E-state index contributed by atoms with van der Waals surface area (Å²) in [4.78, 5) is 0. The normalized spacial score (nSPS) is 14.3. The Hall–Kier alpha value is 0.230. The molecule has 0 saturated carbocycles. The average Bonchev–Trinajstić information content (AvgIpc) is 2.17. The number of aliphatic hydroxyl groups is 2. The van der Waals surface area contributed by atoms with E-state index in [1.807, 2.05) is 27.0 Å². The highest BCUT2D eigenvalue weighted by atomic mass is 32.2. The minimum Gasteiger partial charge on any atom is -0.394 e. The Morgan fingerprint density at radius 2 is 1.92 bits per heavy atom. The van der Waals surface area contributed by atoms with Gasteiger partial charge in [-0.3, -0.25) is 0 Å². The van der Waals surface area contributed by atoms with E-state index in [2.05, 4.69) is 0 Å². The van der Waals surface area contributed by atoms with Crippen molar-refractivity contribution in [3.05, 3.63) is 0 Å². The van der Waals surface area contributed by atoms with E-state index < -0.39 is 6.29 Å². The molecular weight excluding hydrogens is 188 g/mol. The van der Waals surface area contributed by atoms with Crippen LogP contribution in [0, 0.1) is 5.92 Å². The number of hydrogen-bond donors (Lipinski definition) is 2. The summed E-state index contributed by atoms with van der Waals surface area (Å²) >= 11 is 1.67. The Balaban J connectivity index is 0. The van der Waals surface area contributed by atoms with Gasteiger partial charge in [0.05, 0.1) is 13.2 Å². The molecule has 2 N–H and O–H groups in total. The molecule has 13 heavy (non-hydrogen) atoms. The molecule has 0 aromatic rings. The first kappa shape index (κ1) is 15.7. The quantitative estimate of drug-likeness (QED) is 0.650. The Bertz CT molecular complexity index is 90.9. The fourth-order valence-electron chi connectivity index (χ4n) is 0.683. The van der Waals surface area contributed by atoms with E-state index in [0.29, 0.717) is 0 Å². The predicted molar refractivity (Wildman–Crippen MR) is 57.9 cm³/mol. The molecule has 0 amide bonds. The van der Waals surface area contributed by atoms with Crippen LogP contribution in [0.3, 0.4) is 0 Å². The van der Waals surface area contributed by atoms with Crippen LogP contribution in [0.1, 0.15) is 20.8 Å². The van der Waals surface area contributed by atoms with Crippen molar-refractivity contribution in [2.45, 2.75) is 27.1 Å². The largest absolute Gasteiger partial charge is 0.394 e. The molecule has 0 aromatic heterocycles. The highest BCUT2D eigenvalue weighted by Crippen LogP contribution is 2.09. The maximum absolute atomic E-state index is 9.23. The lowest BCUT2D eigenvalue weighted by molar-refractivity contribution is -0.131. The van der Waals surface area contributed by atoms with Gasteiger partial charge in [0, 0.05) is 11.7 Å². The first-order valence-electron chi connectivity index (χ1n) is 4.61. The minimum absolute atomic E-state index is 0.0386. The molecule has 0 aliphatic rings. The second-order valence-electron chi connectivity index (χ2n) is 2.42. The van der Waals surface area contributed by atoms with Gasteiger partial charge >= 0.3 is 0 Å². The molecule has 0 rings (SSSR count). The zero-order valence-electron chi connectivity index (χ0n) is 8.99. The van der Waals surface area contributed by atoms with Crippen molar-refractivity contribution in [1.29, 1.82) is 0 Å². The summed E-state index contributed by atoms with van der Waals surface area (Å²) in [6.45, 7) is 6.08. The fourth-order valence-corrected chi connectivity index (χ4v) is 1.37. The van der Waals surface area contributed by atoms with Crippen molar-refractivity contribution in [3.8, 4) is 0 Å². The van der Waals surface area contributed by atoms with Gasteiger partial charge in [0.2, 0.25) is 0 Å². The van der Waals surface area contributed by atoms with Gasteiger partial charge in [-0.25, -0.2) is 0 Å². The van der Waals surface area contributed by atoms with Gasteiger partial charge in [0.1, 0.15) is 0 Å². The third-order valence-electron chi connectivity index (χ3n) is 1.30. The molecule has 0 aromatic carbocycles. The minimum atomic E-state index is -0.741. The smallest absolute Gasteiger partial charge is 0.157 e. The summed E-state index contributed by atoms with van der Waals surface area (Å²) in [7, 11) is 0. The molecule has 0 aliphatic carbocycles. The molecule has 2 atom stereocenters. The van der Waals surface area contributed by atoms with Crippen LogP contribution in [0.5, 0.6) is 0 Å². The Labute approximate surface area is 85.5 Å². The summed E-state index contributed by atoms with van der Waals surface area (Å²) in [5.74, 6) is 0.989. The second kappa shape index (κ2) is 12.2. The monoisotopic (exact) mass is 210 g/mol. The molecule has 3 nitrogen and oxygen atoms in total. The molecule has 2 unspecified atom stereocenters. The molecular formula is C9H22O3S. The summed E-state index contributed by atoms with van der Waals surface area (Å²) in [6.07, 6.45) is 1.24. The number of hydrogen-bond acceptors (Lipinski definition) is 4. The zero-order chi connectivity index (χ0) is 10.7. The molecule has 0 radical (unpaired) electrons. The van der Waals surface area contributed by atoms with Gasteiger partial charge in [-0.05, 0) is 6.26 Å². The molecule has 0 heterocycles. The van der Waals surface area contributed by atoms with Crippen LogP contribution in [0.2, 0.25) is 0 Å². The van der Waals surface area contributed by atoms with E-state index in [4.69, 9.17) is 9.84 Å². The van der Waals surface area contributed by atoms with E-state index in [1.165, 1.54) is 0 Å². The van der Waals surface area contributed by atoms with Crippen molar-refractivity contribution >= 4 is 11.8 Å². The fraction of sp³-hybridized carbons (Fsp3) is 1.00. The van der Waals surface area contributed by atoms with Crippen LogP contribution in [-0.2, 0) is 4.74 Å². The summed E-state index contributed by atoms with van der Waals surface area (Å²) in [6, 6.07) is 0. The van der Waals surface area contributed by atoms with Crippen LogP contribution in [0.25, 0.3) is 0 Å². The van der Waals surface area contributed by atoms with Gasteiger partial charge < -0.3 is 14.9 Å². The van der Waals surface area contributed by atoms with Gasteiger partial charge in [0.15, 0.2) is 6.29 Å². The first-order chi connectivity index (χ1) is 6.22. The summed E-state index contributed by atoms with van der Waals surface area (Å²) < 4.78 is 4.90. The average molecular weight is 210 g/mol. The third-order valence-corrected chi connectivity index (χ3v) is 2.16. The molecule has 0 fully saturated rings. The molecule has 0 spiro atoms. The van der Waals surface area contributed by atoms with E-state index in [9.17, 15) is 5.11 Å². The standard InChI is InChI=1S/C7H16O3S.C2H6/c1-6(5-11-2)7(9)10-4-3-8;1-2/h6-9H,3-5H2,1-2H3;1-2H3. The predicted octanol–water partition coefficient (Wildman–Crippen LogP) is 1.34. The number of thioether (sulfide) groups is 1. The molecule has 0 bridgehead atoms. The lowest BCUT2D eigenvalue weighted by Gasteiger charge is -2.17. The van der Waals surface area contributed by atoms with Crippen molar-refractivity contribution in [3.63, 3.8) is 0 Å². The highest BCUT2D eigenvalue weighted by molar-refractivity contribution is 7.98. The third kappa shape index (κ3) is 10.1. The van der Waals surface area contributed by atoms with Gasteiger partial charge in [0.25, 0.3) is 0 Å². The number of aliphatic hydroxyl groups excluding tert-OH is 2. The molecule has 0 aliphatic heterocycles. The molecule has 82 valence electrons. The summed E-state index contributed by atoms with van der Waals surface area (Å²) in [5, 5.41) is 17.6. The van der Waals surface area contributed by atoms with Crippen molar-refractivity contribution in [1.82, 2.24) is 0 Å². The molecule has 4 heteroatoms. The second-order valence-corrected chi connectivity index (χ2v) is 3.33. The molecule has 0 saturated heterocycles.